The molecule has 0 aliphatic carbocycles. The van der Waals surface area contributed by atoms with Gasteiger partial charge in [-0.25, -0.2) is 0 Å². The molecule has 3 aromatic rings. The molecule has 1 fully saturated rings. The Hall–Kier alpha value is -3.35. The topological polar surface area (TPSA) is 77.2 Å². The van der Waals surface area contributed by atoms with Gasteiger partial charge in [0.2, 0.25) is 0 Å². The van der Waals surface area contributed by atoms with Crippen molar-refractivity contribution in [2.24, 2.45) is 0 Å². The zero-order chi connectivity index (χ0) is 23.7. The van der Waals surface area contributed by atoms with Crippen LogP contribution in [0, 0.1) is 6.92 Å². The van der Waals surface area contributed by atoms with Gasteiger partial charge in [-0.3, -0.25) is 9.59 Å². The van der Waals surface area contributed by atoms with E-state index in [0.717, 1.165) is 47.7 Å². The quantitative estimate of drug-likeness (QED) is 0.442. The first kappa shape index (κ1) is 22.4. The Kier molecular flexibility index (Phi) is 6.26. The summed E-state index contributed by atoms with van der Waals surface area (Å²) >= 11 is 6.48. The molecule has 0 saturated carbocycles. The molecule has 6 nitrogen and oxygen atoms in total. The number of nitrogens with one attached hydrogen (secondary N) is 3. The van der Waals surface area contributed by atoms with E-state index in [4.69, 9.17) is 11.6 Å². The third-order valence-electron chi connectivity index (χ3n) is 6.42. The molecule has 2 aliphatic heterocycles. The number of likely N-dealkylation sites (tertiary alicyclic amines) is 1. The van der Waals surface area contributed by atoms with Gasteiger partial charge in [0.25, 0.3) is 11.8 Å². The second kappa shape index (κ2) is 9.49. The highest BCUT2D eigenvalue weighted by Gasteiger charge is 2.28. The van der Waals surface area contributed by atoms with Gasteiger partial charge >= 0.3 is 0 Å². The van der Waals surface area contributed by atoms with Crippen LogP contribution >= 0.6 is 11.6 Å². The van der Waals surface area contributed by atoms with Crippen LogP contribution in [-0.2, 0) is 4.79 Å². The summed E-state index contributed by atoms with van der Waals surface area (Å²) in [5.74, 6) is -0.351. The maximum Gasteiger partial charge on any atom is 0.256 e. The fourth-order valence-electron chi connectivity index (χ4n) is 4.78. The van der Waals surface area contributed by atoms with Gasteiger partial charge in [0.15, 0.2) is 0 Å². The van der Waals surface area contributed by atoms with Gasteiger partial charge in [-0.05, 0) is 62.7 Å². The van der Waals surface area contributed by atoms with E-state index < -0.39 is 0 Å². The van der Waals surface area contributed by atoms with E-state index in [2.05, 4.69) is 20.5 Å². The molecule has 0 radical (unpaired) electrons. The summed E-state index contributed by atoms with van der Waals surface area (Å²) in [5, 5.41) is 6.59. The third-order valence-corrected chi connectivity index (χ3v) is 6.75. The molecule has 174 valence electrons. The summed E-state index contributed by atoms with van der Waals surface area (Å²) in [4.78, 5) is 31.6. The number of aromatic nitrogens is 1. The van der Waals surface area contributed by atoms with Crippen molar-refractivity contribution in [1.82, 2.24) is 15.2 Å². The number of halogens is 1. The maximum absolute atomic E-state index is 13.0. The van der Waals surface area contributed by atoms with Crippen molar-refractivity contribution in [2.45, 2.75) is 19.8 Å². The first-order valence-electron chi connectivity index (χ1n) is 11.6. The molecule has 5 rings (SSSR count). The van der Waals surface area contributed by atoms with Gasteiger partial charge in [-0.15, -0.1) is 0 Å². The van der Waals surface area contributed by atoms with Gasteiger partial charge in [-0.1, -0.05) is 41.9 Å². The zero-order valence-corrected chi connectivity index (χ0v) is 19.8. The number of aromatic amines is 1. The predicted molar refractivity (Wildman–Crippen MR) is 137 cm³/mol. The van der Waals surface area contributed by atoms with Gasteiger partial charge in [-0.2, -0.15) is 0 Å². The zero-order valence-electron chi connectivity index (χ0n) is 19.1. The maximum atomic E-state index is 13.0. The Bertz CT molecular complexity index is 1290. The van der Waals surface area contributed by atoms with Crippen molar-refractivity contribution in [2.75, 3.05) is 31.5 Å². The molecule has 1 saturated heterocycles. The Labute approximate surface area is 204 Å². The number of fused-ring (bicyclic) bond motifs is 1. The van der Waals surface area contributed by atoms with Crippen molar-refractivity contribution >= 4 is 40.8 Å². The van der Waals surface area contributed by atoms with Crippen LogP contribution in [0.4, 0.5) is 5.69 Å². The highest BCUT2D eigenvalue weighted by molar-refractivity contribution is 6.38. The second-order valence-corrected chi connectivity index (χ2v) is 9.21. The average molecular weight is 475 g/mol. The van der Waals surface area contributed by atoms with Gasteiger partial charge in [0.05, 0.1) is 16.8 Å². The van der Waals surface area contributed by atoms with Crippen molar-refractivity contribution < 1.29 is 9.59 Å². The standard InChI is InChI=1S/C27H27ClN4O2/c1-17-15-20(26(33)29-11-14-32-12-4-5-13-32)24(30-17)16-21-25-19(18-7-2-3-9-22(18)28)8-6-10-23(25)31-27(21)34/h2-3,6-10,15-16,30H,4-5,11-14H2,1H3,(H,29,33)(H,31,34)/b21-16-. The number of H-pyrrole nitrogens is 1. The SMILES string of the molecule is Cc1cc(C(=O)NCCN2CCCC2)c(/C=C2\C(=O)Nc3cccc(-c4ccccc4Cl)c32)[nH]1. The number of hydrogen-bond donors (Lipinski definition) is 3. The van der Waals surface area contributed by atoms with E-state index in [1.807, 2.05) is 55.5 Å². The van der Waals surface area contributed by atoms with Crippen molar-refractivity contribution in [1.29, 1.82) is 0 Å². The van der Waals surface area contributed by atoms with E-state index >= 15 is 0 Å². The lowest BCUT2D eigenvalue weighted by molar-refractivity contribution is -0.110. The van der Waals surface area contributed by atoms with E-state index in [-0.39, 0.29) is 11.8 Å². The molecule has 0 spiro atoms. The minimum atomic E-state index is -0.206. The van der Waals surface area contributed by atoms with Gasteiger partial charge in [0, 0.05) is 40.6 Å². The number of carbonyl (C=O) groups excluding carboxylic acids is 2. The molecule has 0 bridgehead atoms. The first-order valence-corrected chi connectivity index (χ1v) is 12.0. The lowest BCUT2D eigenvalue weighted by Crippen LogP contribution is -2.33. The number of benzene rings is 2. The largest absolute Gasteiger partial charge is 0.358 e. The summed E-state index contributed by atoms with van der Waals surface area (Å²) in [6, 6.07) is 15.1. The van der Waals surface area contributed by atoms with Crippen molar-refractivity contribution in [3.8, 4) is 11.1 Å². The normalized spacial score (nSPS) is 16.6. The molecule has 2 aromatic carbocycles. The van der Waals surface area contributed by atoms with Crippen molar-refractivity contribution in [3.63, 3.8) is 0 Å². The second-order valence-electron chi connectivity index (χ2n) is 8.80. The Balaban J connectivity index is 1.47. The monoisotopic (exact) mass is 474 g/mol. The van der Waals surface area contributed by atoms with E-state index in [0.29, 0.717) is 28.4 Å². The number of nitrogens with zero attached hydrogens (tertiary/aromatic N) is 1. The van der Waals surface area contributed by atoms with Gasteiger partial charge < -0.3 is 20.5 Å². The summed E-state index contributed by atoms with van der Waals surface area (Å²) in [5.41, 5.74) is 5.74. The summed E-state index contributed by atoms with van der Waals surface area (Å²) in [6.45, 7) is 5.54. The number of anilines is 1. The number of rotatable bonds is 6. The molecule has 0 atom stereocenters. The molecular weight excluding hydrogens is 448 g/mol. The molecule has 2 amide bonds. The molecule has 0 unspecified atom stereocenters. The van der Waals surface area contributed by atoms with E-state index in [1.165, 1.54) is 12.8 Å². The van der Waals surface area contributed by atoms with Crippen molar-refractivity contribution in [3.05, 3.63) is 76.1 Å². The number of amides is 2. The number of carbonyl (C=O) groups is 2. The number of hydrogen-bond acceptors (Lipinski definition) is 3. The van der Waals surface area contributed by atoms with Crippen LogP contribution in [0.15, 0.2) is 48.5 Å². The van der Waals surface area contributed by atoms with Crippen LogP contribution in [-0.4, -0.2) is 47.9 Å². The molecule has 3 N–H and O–H groups in total. The minimum Gasteiger partial charge on any atom is -0.358 e. The molecule has 1 aromatic heterocycles. The Morgan fingerprint density at radius 1 is 1.12 bits per heavy atom. The number of aryl methyl sites for hydroxylation is 1. The minimum absolute atomic E-state index is 0.145. The molecular formula is C27H27ClN4O2. The predicted octanol–water partition coefficient (Wildman–Crippen LogP) is 4.96. The smallest absolute Gasteiger partial charge is 0.256 e. The highest BCUT2D eigenvalue weighted by Crippen LogP contribution is 2.42. The Morgan fingerprint density at radius 3 is 2.68 bits per heavy atom. The Morgan fingerprint density at radius 2 is 1.88 bits per heavy atom. The van der Waals surface area contributed by atoms with E-state index in [1.54, 1.807) is 6.08 Å². The van der Waals surface area contributed by atoms with Crippen LogP contribution in [0.5, 0.6) is 0 Å². The van der Waals surface area contributed by atoms with Crippen LogP contribution in [0.2, 0.25) is 5.02 Å². The fourth-order valence-corrected chi connectivity index (χ4v) is 5.01. The molecule has 2 aliphatic rings. The molecule has 34 heavy (non-hydrogen) atoms. The average Bonchev–Trinajstić information content (AvgIpc) is 3.54. The van der Waals surface area contributed by atoms with Crippen LogP contribution in [0.25, 0.3) is 22.8 Å². The highest BCUT2D eigenvalue weighted by atomic mass is 35.5. The third kappa shape index (κ3) is 4.39. The summed E-state index contributed by atoms with van der Waals surface area (Å²) in [7, 11) is 0. The summed E-state index contributed by atoms with van der Waals surface area (Å²) in [6.07, 6.45) is 4.22. The molecule has 7 heteroatoms. The lowest BCUT2D eigenvalue weighted by atomic mass is 9.94. The van der Waals surface area contributed by atoms with E-state index in [9.17, 15) is 9.59 Å². The van der Waals surface area contributed by atoms with Crippen LogP contribution in [0.1, 0.15) is 40.2 Å². The first-order chi connectivity index (χ1) is 16.5. The van der Waals surface area contributed by atoms with Crippen LogP contribution < -0.4 is 10.6 Å². The molecule has 3 heterocycles. The summed E-state index contributed by atoms with van der Waals surface area (Å²) < 4.78 is 0. The van der Waals surface area contributed by atoms with Crippen LogP contribution in [0.3, 0.4) is 0 Å². The van der Waals surface area contributed by atoms with Gasteiger partial charge in [0.1, 0.15) is 0 Å². The fraction of sp³-hybridized carbons (Fsp3) is 0.259. The lowest BCUT2D eigenvalue weighted by Gasteiger charge is -2.14.